The number of halogens is 1. The van der Waals surface area contributed by atoms with E-state index in [1.807, 2.05) is 25.1 Å². The number of para-hydroxylation sites is 1. The third-order valence-electron chi connectivity index (χ3n) is 2.84. The Morgan fingerprint density at radius 2 is 2.05 bits per heavy atom. The fourth-order valence-corrected chi connectivity index (χ4v) is 2.41. The van der Waals surface area contributed by atoms with E-state index in [9.17, 15) is 4.79 Å². The number of anilines is 1. The second-order valence-electron chi connectivity index (χ2n) is 4.48. The van der Waals surface area contributed by atoms with E-state index in [0.29, 0.717) is 29.4 Å². The van der Waals surface area contributed by atoms with Crippen molar-refractivity contribution in [1.29, 1.82) is 0 Å². The van der Waals surface area contributed by atoms with Crippen LogP contribution in [-0.4, -0.2) is 12.6 Å². The third kappa shape index (κ3) is 3.55. The number of nitrogens with two attached hydrogens (primary N) is 1. The van der Waals surface area contributed by atoms with Crippen LogP contribution >= 0.6 is 15.9 Å². The van der Waals surface area contributed by atoms with Gasteiger partial charge < -0.3 is 15.2 Å². The van der Waals surface area contributed by atoms with Crippen LogP contribution in [-0.2, 0) is 4.74 Å². The molecular formula is C16H16BrNO3. The lowest BCUT2D eigenvalue weighted by Crippen LogP contribution is -2.08. The number of carbonyl (C=O) groups is 1. The fraction of sp³-hybridized carbons (Fsp3) is 0.188. The number of esters is 1. The van der Waals surface area contributed by atoms with E-state index in [0.717, 1.165) is 10.0 Å². The summed E-state index contributed by atoms with van der Waals surface area (Å²) < 4.78 is 11.6. The van der Waals surface area contributed by atoms with Gasteiger partial charge in [-0.15, -0.1) is 0 Å². The molecule has 2 N–H and O–H groups in total. The van der Waals surface area contributed by atoms with Crippen molar-refractivity contribution in [3.05, 3.63) is 52.0 Å². The monoisotopic (exact) mass is 349 g/mol. The molecule has 5 heteroatoms. The molecule has 0 bridgehead atoms. The van der Waals surface area contributed by atoms with Crippen LogP contribution in [0.3, 0.4) is 0 Å². The molecule has 0 spiro atoms. The van der Waals surface area contributed by atoms with Gasteiger partial charge in [0.15, 0.2) is 5.75 Å². The predicted octanol–water partition coefficient (Wildman–Crippen LogP) is 4.31. The molecule has 2 aromatic carbocycles. The molecule has 0 radical (unpaired) electrons. The van der Waals surface area contributed by atoms with Crippen LogP contribution in [0.2, 0.25) is 0 Å². The summed E-state index contributed by atoms with van der Waals surface area (Å²) in [7, 11) is 0. The Hall–Kier alpha value is -2.01. The number of aryl methyl sites for hydroxylation is 1. The van der Waals surface area contributed by atoms with Crippen molar-refractivity contribution >= 4 is 27.6 Å². The van der Waals surface area contributed by atoms with Crippen molar-refractivity contribution in [3.8, 4) is 11.5 Å². The molecule has 0 aliphatic heterocycles. The Morgan fingerprint density at radius 3 is 2.71 bits per heavy atom. The minimum atomic E-state index is -0.456. The lowest BCUT2D eigenvalue weighted by molar-refractivity contribution is 0.0523. The van der Waals surface area contributed by atoms with Crippen LogP contribution in [0.5, 0.6) is 11.5 Å². The Kier molecular flexibility index (Phi) is 4.85. The summed E-state index contributed by atoms with van der Waals surface area (Å²) in [6.45, 7) is 4.03. The molecule has 0 aliphatic carbocycles. The first-order chi connectivity index (χ1) is 10.0. The van der Waals surface area contributed by atoms with Crippen LogP contribution in [0.25, 0.3) is 0 Å². The van der Waals surface area contributed by atoms with Gasteiger partial charge in [0.05, 0.1) is 16.8 Å². The van der Waals surface area contributed by atoms with Gasteiger partial charge in [-0.1, -0.05) is 12.1 Å². The topological polar surface area (TPSA) is 61.5 Å². The smallest absolute Gasteiger partial charge is 0.342 e. The standard InChI is InChI=1S/C16H16BrNO3/c1-3-20-16(19)11-5-4-6-13(18)15(11)21-14-8-7-10(2)9-12(14)17/h4-9H,3,18H2,1-2H3. The summed E-state index contributed by atoms with van der Waals surface area (Å²) in [6.07, 6.45) is 0. The number of hydrogen-bond donors (Lipinski definition) is 1. The van der Waals surface area contributed by atoms with Gasteiger partial charge in [0.1, 0.15) is 11.3 Å². The van der Waals surface area contributed by atoms with Crippen LogP contribution < -0.4 is 10.5 Å². The van der Waals surface area contributed by atoms with Crippen LogP contribution in [0.4, 0.5) is 5.69 Å². The molecule has 0 unspecified atom stereocenters. The quantitative estimate of drug-likeness (QED) is 0.659. The Balaban J connectivity index is 2.41. The molecule has 4 nitrogen and oxygen atoms in total. The van der Waals surface area contributed by atoms with Crippen LogP contribution in [0.15, 0.2) is 40.9 Å². The number of hydrogen-bond acceptors (Lipinski definition) is 4. The van der Waals surface area contributed by atoms with Gasteiger partial charge >= 0.3 is 5.97 Å². The number of nitrogen functional groups attached to an aromatic ring is 1. The maximum Gasteiger partial charge on any atom is 0.342 e. The molecule has 0 saturated carbocycles. The summed E-state index contributed by atoms with van der Waals surface area (Å²) in [5, 5.41) is 0. The highest BCUT2D eigenvalue weighted by atomic mass is 79.9. The zero-order valence-corrected chi connectivity index (χ0v) is 13.4. The summed E-state index contributed by atoms with van der Waals surface area (Å²) in [6, 6.07) is 10.7. The summed E-state index contributed by atoms with van der Waals surface area (Å²) in [5.41, 5.74) is 7.73. The Bertz CT molecular complexity index is 671. The molecule has 0 saturated heterocycles. The summed E-state index contributed by atoms with van der Waals surface area (Å²) in [4.78, 5) is 12.0. The number of carbonyl (C=O) groups excluding carboxylic acids is 1. The predicted molar refractivity (Wildman–Crippen MR) is 85.8 cm³/mol. The van der Waals surface area contributed by atoms with E-state index >= 15 is 0 Å². The lowest BCUT2D eigenvalue weighted by atomic mass is 10.1. The normalized spacial score (nSPS) is 10.2. The van der Waals surface area contributed by atoms with Crippen molar-refractivity contribution in [2.45, 2.75) is 13.8 Å². The molecule has 110 valence electrons. The Labute approximate surface area is 132 Å². The second-order valence-corrected chi connectivity index (χ2v) is 5.33. The van der Waals surface area contributed by atoms with Crippen molar-refractivity contribution in [1.82, 2.24) is 0 Å². The van der Waals surface area contributed by atoms with Crippen molar-refractivity contribution in [2.24, 2.45) is 0 Å². The van der Waals surface area contributed by atoms with Crippen molar-refractivity contribution in [2.75, 3.05) is 12.3 Å². The highest BCUT2D eigenvalue weighted by Gasteiger charge is 2.17. The summed E-state index contributed by atoms with van der Waals surface area (Å²) in [5.74, 6) is 0.438. The first-order valence-corrected chi connectivity index (χ1v) is 7.31. The third-order valence-corrected chi connectivity index (χ3v) is 3.46. The van der Waals surface area contributed by atoms with E-state index in [2.05, 4.69) is 15.9 Å². The average molecular weight is 350 g/mol. The maximum atomic E-state index is 12.0. The first-order valence-electron chi connectivity index (χ1n) is 6.52. The van der Waals surface area contributed by atoms with Gasteiger partial charge in [0.2, 0.25) is 0 Å². The molecule has 0 aromatic heterocycles. The largest absolute Gasteiger partial charge is 0.462 e. The van der Waals surface area contributed by atoms with E-state index in [4.69, 9.17) is 15.2 Å². The first kappa shape index (κ1) is 15.4. The molecule has 0 atom stereocenters. The SMILES string of the molecule is CCOC(=O)c1cccc(N)c1Oc1ccc(C)cc1Br. The fourth-order valence-electron chi connectivity index (χ4n) is 1.84. The zero-order valence-electron chi connectivity index (χ0n) is 11.9. The number of ether oxygens (including phenoxy) is 2. The minimum Gasteiger partial charge on any atom is -0.462 e. The van der Waals surface area contributed by atoms with Crippen LogP contribution in [0, 0.1) is 6.92 Å². The van der Waals surface area contributed by atoms with E-state index in [-0.39, 0.29) is 0 Å². The number of rotatable bonds is 4. The van der Waals surface area contributed by atoms with Gasteiger partial charge in [-0.2, -0.15) is 0 Å². The van der Waals surface area contributed by atoms with Gasteiger partial charge in [-0.3, -0.25) is 0 Å². The van der Waals surface area contributed by atoms with Crippen LogP contribution in [0.1, 0.15) is 22.8 Å². The molecule has 21 heavy (non-hydrogen) atoms. The second kappa shape index (κ2) is 6.63. The molecule has 0 fully saturated rings. The molecular weight excluding hydrogens is 334 g/mol. The average Bonchev–Trinajstić information content (AvgIpc) is 2.43. The molecule has 0 aliphatic rings. The minimum absolute atomic E-state index is 0.293. The van der Waals surface area contributed by atoms with Gasteiger partial charge in [-0.05, 0) is 59.6 Å². The Morgan fingerprint density at radius 1 is 1.29 bits per heavy atom. The highest BCUT2D eigenvalue weighted by Crippen LogP contribution is 2.35. The van der Waals surface area contributed by atoms with Crippen molar-refractivity contribution in [3.63, 3.8) is 0 Å². The molecule has 0 amide bonds. The zero-order chi connectivity index (χ0) is 15.4. The van der Waals surface area contributed by atoms with E-state index < -0.39 is 5.97 Å². The molecule has 2 aromatic rings. The van der Waals surface area contributed by atoms with E-state index in [1.54, 1.807) is 25.1 Å². The van der Waals surface area contributed by atoms with Gasteiger partial charge in [0, 0.05) is 0 Å². The van der Waals surface area contributed by atoms with Gasteiger partial charge in [0.25, 0.3) is 0 Å². The highest BCUT2D eigenvalue weighted by molar-refractivity contribution is 9.10. The lowest BCUT2D eigenvalue weighted by Gasteiger charge is -2.14. The molecule has 2 rings (SSSR count). The van der Waals surface area contributed by atoms with E-state index in [1.165, 1.54) is 0 Å². The maximum absolute atomic E-state index is 12.0. The van der Waals surface area contributed by atoms with Gasteiger partial charge in [-0.25, -0.2) is 4.79 Å². The molecule has 0 heterocycles. The van der Waals surface area contributed by atoms with Crippen molar-refractivity contribution < 1.29 is 14.3 Å². The number of benzene rings is 2. The summed E-state index contributed by atoms with van der Waals surface area (Å²) >= 11 is 3.44.